The van der Waals surface area contributed by atoms with E-state index in [-0.39, 0.29) is 60.7 Å². The Hall–Kier alpha value is -4.48. The Morgan fingerprint density at radius 2 is 1.83 bits per heavy atom. The number of nitrogens with zero attached hydrogens (tertiary/aromatic N) is 1. The van der Waals surface area contributed by atoms with Gasteiger partial charge in [-0.3, -0.25) is 28.8 Å². The Labute approximate surface area is 350 Å². The van der Waals surface area contributed by atoms with Crippen LogP contribution in [0.4, 0.5) is 5.69 Å². The maximum Gasteiger partial charge on any atom is 0.303 e. The summed E-state index contributed by atoms with van der Waals surface area (Å²) < 4.78 is 15.4. The van der Waals surface area contributed by atoms with Crippen molar-refractivity contribution in [1.29, 1.82) is 0 Å². The average molecular weight is 880 g/mol. The first-order chi connectivity index (χ1) is 28.0. The van der Waals surface area contributed by atoms with Gasteiger partial charge in [0.2, 0.25) is 17.7 Å². The van der Waals surface area contributed by atoms with Crippen LogP contribution in [0.3, 0.4) is 0 Å². The molecule has 316 valence electrons. The minimum atomic E-state index is -1.47. The summed E-state index contributed by atoms with van der Waals surface area (Å²) in [6.07, 6.45) is 8.51. The van der Waals surface area contributed by atoms with Gasteiger partial charge in [0.1, 0.15) is 12.6 Å². The Bertz CT molecular complexity index is 2080. The number of hydrogen-bond donors (Lipinski definition) is 6. The molecule has 2 heterocycles. The van der Waals surface area contributed by atoms with E-state index >= 15 is 0 Å². The van der Waals surface area contributed by atoms with Crippen molar-refractivity contribution in [1.82, 2.24) is 15.2 Å². The monoisotopic (exact) mass is 878 g/mol. The van der Waals surface area contributed by atoms with Crippen LogP contribution in [-0.2, 0) is 38.2 Å². The molecule has 0 unspecified atom stereocenters. The second-order valence-corrected chi connectivity index (χ2v) is 17.5. The fourth-order valence-electron chi connectivity index (χ4n) is 10.9. The van der Waals surface area contributed by atoms with Crippen molar-refractivity contribution in [3.63, 3.8) is 0 Å². The zero-order chi connectivity index (χ0) is 42.4. The summed E-state index contributed by atoms with van der Waals surface area (Å²) in [5.74, 6) is -3.40. The van der Waals surface area contributed by atoms with Gasteiger partial charge in [-0.2, -0.15) is 0 Å². The van der Waals surface area contributed by atoms with Gasteiger partial charge in [0.05, 0.1) is 30.1 Å². The van der Waals surface area contributed by atoms with Gasteiger partial charge in [-0.1, -0.05) is 53.6 Å². The number of amides is 3. The van der Waals surface area contributed by atoms with Gasteiger partial charge in [-0.25, -0.2) is 0 Å². The number of aliphatic hydroxyl groups is 2. The molecule has 0 radical (unpaired) electrons. The van der Waals surface area contributed by atoms with Crippen molar-refractivity contribution in [2.24, 2.45) is 28.6 Å². The van der Waals surface area contributed by atoms with Gasteiger partial charge in [0.15, 0.2) is 23.5 Å². The average Bonchev–Trinajstić information content (AvgIpc) is 3.91. The second-order valence-electron chi connectivity index (χ2n) is 17.0. The van der Waals surface area contributed by atoms with Crippen LogP contribution in [0.2, 0.25) is 0 Å². The van der Waals surface area contributed by atoms with Gasteiger partial charge in [0, 0.05) is 46.8 Å². The topological polar surface area (TPSA) is 223 Å². The van der Waals surface area contributed by atoms with E-state index in [1.807, 2.05) is 55.1 Å². The molecular formula is C43H51BrN4O11. The van der Waals surface area contributed by atoms with Crippen molar-refractivity contribution in [3.8, 4) is 0 Å². The van der Waals surface area contributed by atoms with Crippen LogP contribution in [0.25, 0.3) is 0 Å². The van der Waals surface area contributed by atoms with E-state index in [1.165, 1.54) is 0 Å². The number of aliphatic hydroxyl groups excluding tert-OH is 2. The Balaban J connectivity index is 1.03. The molecule has 16 heteroatoms. The molecule has 1 aliphatic heterocycles. The summed E-state index contributed by atoms with van der Waals surface area (Å²) in [5, 5.41) is 39.1. The summed E-state index contributed by atoms with van der Waals surface area (Å²) in [6, 6.07) is 7.57. The number of halogens is 1. The number of Topliss-reactive ketones (excluding diaryl/α,β-unsaturated/α-hetero) is 1. The summed E-state index contributed by atoms with van der Waals surface area (Å²) in [5.41, 5.74) is 0.282. The number of ketones is 2. The van der Waals surface area contributed by atoms with E-state index in [9.17, 15) is 44.1 Å². The van der Waals surface area contributed by atoms with E-state index in [0.717, 1.165) is 24.0 Å². The highest BCUT2D eigenvalue weighted by Gasteiger charge is 2.76. The minimum Gasteiger partial charge on any atom is -0.481 e. The lowest BCUT2D eigenvalue weighted by molar-refractivity contribution is -0.201. The van der Waals surface area contributed by atoms with Crippen LogP contribution in [-0.4, -0.2) is 97.5 Å². The number of ether oxygens (including phenoxy) is 2. The smallest absolute Gasteiger partial charge is 0.303 e. The summed E-state index contributed by atoms with van der Waals surface area (Å²) in [4.78, 5) is 74.5. The van der Waals surface area contributed by atoms with Crippen LogP contribution in [0.15, 0.2) is 66.5 Å². The Morgan fingerprint density at radius 3 is 2.53 bits per heavy atom. The minimum absolute atomic E-state index is 0.00128. The first-order valence-corrected chi connectivity index (χ1v) is 21.2. The zero-order valence-corrected chi connectivity index (χ0v) is 34.8. The number of carboxylic acid groups (broad SMARTS) is 1. The van der Waals surface area contributed by atoms with E-state index in [4.69, 9.17) is 9.47 Å². The highest BCUT2D eigenvalue weighted by Crippen LogP contribution is 2.70. The molecule has 6 N–H and O–H groups in total. The first kappa shape index (κ1) is 42.6. The van der Waals surface area contributed by atoms with Crippen LogP contribution < -0.4 is 16.0 Å². The number of aromatic nitrogens is 1. The molecule has 1 saturated heterocycles. The van der Waals surface area contributed by atoms with Crippen LogP contribution in [0.5, 0.6) is 0 Å². The molecule has 0 bridgehead atoms. The molecular weight excluding hydrogens is 828 g/mol. The molecule has 2 aromatic rings. The quantitative estimate of drug-likeness (QED) is 0.151. The number of carboxylic acids is 1. The molecule has 3 saturated carbocycles. The largest absolute Gasteiger partial charge is 0.481 e. The SMILES string of the molecule is C[C@@H](c1ccc(NC(=O)[C@H](CCC(=O)O)NC(=O)CNC(=O)CBr)cc1)n1ccc([C@@H]2O[C@@H]3C[C@H]4[C@@H]5CCC6=CC(=O)C=C[C@]6(C)[C@H]5[C@@H](O)C[C@]4(C)[C@]3(C(=O)CO)O2)c1. The molecule has 4 fully saturated rings. The molecule has 0 spiro atoms. The lowest BCUT2D eigenvalue weighted by atomic mass is 9.46. The van der Waals surface area contributed by atoms with E-state index in [0.29, 0.717) is 17.7 Å². The molecule has 1 aromatic heterocycles. The first-order valence-electron chi connectivity index (χ1n) is 20.1. The van der Waals surface area contributed by atoms with Crippen molar-refractivity contribution in [2.75, 3.05) is 23.8 Å². The molecule has 59 heavy (non-hydrogen) atoms. The number of carbonyl (C=O) groups is 6. The number of hydrogen-bond acceptors (Lipinski definition) is 10. The number of benzene rings is 1. The van der Waals surface area contributed by atoms with E-state index < -0.39 is 77.1 Å². The van der Waals surface area contributed by atoms with Crippen molar-refractivity contribution >= 4 is 56.9 Å². The molecule has 7 rings (SSSR count). The number of anilines is 1. The fourth-order valence-corrected chi connectivity index (χ4v) is 11.1. The molecule has 1 aromatic carbocycles. The van der Waals surface area contributed by atoms with E-state index in [2.05, 4.69) is 38.8 Å². The Kier molecular flexibility index (Phi) is 11.9. The van der Waals surface area contributed by atoms with Gasteiger partial charge in [-0.05, 0) is 86.8 Å². The number of allylic oxidation sites excluding steroid dienone is 4. The lowest BCUT2D eigenvalue weighted by Crippen LogP contribution is -2.63. The molecule has 3 amide bonds. The number of nitrogens with one attached hydrogen (secondary N) is 3. The summed E-state index contributed by atoms with van der Waals surface area (Å²) in [6.45, 7) is 4.99. The number of carbonyl (C=O) groups excluding carboxylic acids is 5. The van der Waals surface area contributed by atoms with Crippen LogP contribution in [0.1, 0.15) is 82.8 Å². The lowest BCUT2D eigenvalue weighted by Gasteiger charge is -2.59. The van der Waals surface area contributed by atoms with Gasteiger partial charge >= 0.3 is 5.97 Å². The maximum absolute atomic E-state index is 14.0. The Morgan fingerprint density at radius 1 is 1.08 bits per heavy atom. The third-order valence-corrected chi connectivity index (χ3v) is 14.3. The number of aliphatic carboxylic acids is 1. The second kappa shape index (κ2) is 16.5. The highest BCUT2D eigenvalue weighted by atomic mass is 79.9. The standard InChI is InChI=1S/C43H51BrN4O11/c1-23(24-4-7-27(8-5-24)46-39(57)31(10-11-37(55)56)47-36(54)20-45-35(53)19-44)48-15-13-25(21-48)40-58-34-17-30-29-9-6-26-16-28(50)12-14-41(26,2)38(29)32(51)18-42(30,3)43(34,59-40)33(52)22-49/h4-5,7-8,12-16,21,23,29-32,34,38,40,49,51H,6,9-11,17-20,22H2,1-3H3,(H,45,53)(H,46,57)(H,47,54)(H,55,56)/t23-,29-,30-,31-,32-,34+,38+,40+,41-,42-,43+/m0/s1. The normalized spacial score (nSPS) is 32.7. The van der Waals surface area contributed by atoms with Crippen LogP contribution in [0, 0.1) is 28.6 Å². The highest BCUT2D eigenvalue weighted by molar-refractivity contribution is 9.09. The van der Waals surface area contributed by atoms with Gasteiger partial charge < -0.3 is 45.3 Å². The van der Waals surface area contributed by atoms with Crippen molar-refractivity contribution < 1.29 is 53.6 Å². The fraction of sp³-hybridized carbons (Fsp3) is 0.535. The predicted octanol–water partition coefficient (Wildman–Crippen LogP) is 3.50. The molecule has 4 aliphatic carbocycles. The third kappa shape index (κ3) is 7.62. The molecule has 11 atom stereocenters. The van der Waals surface area contributed by atoms with Crippen LogP contribution >= 0.6 is 15.9 Å². The van der Waals surface area contributed by atoms with Gasteiger partial charge in [0.25, 0.3) is 0 Å². The van der Waals surface area contributed by atoms with Gasteiger partial charge in [-0.15, -0.1) is 0 Å². The van der Waals surface area contributed by atoms with E-state index in [1.54, 1.807) is 24.3 Å². The molecule has 5 aliphatic rings. The third-order valence-electron chi connectivity index (χ3n) is 13.8. The maximum atomic E-state index is 14.0. The zero-order valence-electron chi connectivity index (χ0n) is 33.2. The van der Waals surface area contributed by atoms with Crippen molar-refractivity contribution in [3.05, 3.63) is 77.7 Å². The van der Waals surface area contributed by atoms with Crippen molar-refractivity contribution in [2.45, 2.75) is 95.5 Å². The number of rotatable bonds is 14. The summed E-state index contributed by atoms with van der Waals surface area (Å²) in [7, 11) is 0. The number of alkyl halides is 1. The summed E-state index contributed by atoms with van der Waals surface area (Å²) >= 11 is 2.99. The number of fused-ring (bicyclic) bond motifs is 7. The molecule has 15 nitrogen and oxygen atoms in total. The predicted molar refractivity (Wildman–Crippen MR) is 216 cm³/mol.